The standard InChI is InChI=1S/C25H40N2O/c28-24(25-14-17-9-18(15-25)11-19(10-17)16-25)26-20-12-22-7-4-8-23(13-20)27(22)21-5-2-1-3-6-21/h17-23H,1-16H2,(H,26,28)/t17?,18?,19?,22-,23-,25?/m0/s1. The van der Waals surface area contributed by atoms with Crippen molar-refractivity contribution in [3.63, 3.8) is 0 Å². The topological polar surface area (TPSA) is 32.3 Å². The molecule has 7 aliphatic rings. The number of carbonyl (C=O) groups is 1. The zero-order chi connectivity index (χ0) is 18.7. The summed E-state index contributed by atoms with van der Waals surface area (Å²) in [4.78, 5) is 16.5. The average Bonchev–Trinajstić information content (AvgIpc) is 2.67. The van der Waals surface area contributed by atoms with Gasteiger partial charge in [-0.25, -0.2) is 0 Å². The van der Waals surface area contributed by atoms with Crippen molar-refractivity contribution in [1.82, 2.24) is 10.2 Å². The van der Waals surface area contributed by atoms with Gasteiger partial charge in [-0.1, -0.05) is 25.7 Å². The number of hydrogen-bond donors (Lipinski definition) is 1. The van der Waals surface area contributed by atoms with Crippen LogP contribution in [0.3, 0.4) is 0 Å². The van der Waals surface area contributed by atoms with Crippen molar-refractivity contribution in [2.45, 2.75) is 127 Å². The van der Waals surface area contributed by atoms with Crippen molar-refractivity contribution >= 4 is 5.91 Å². The van der Waals surface area contributed by atoms with E-state index in [9.17, 15) is 4.79 Å². The van der Waals surface area contributed by atoms with Crippen molar-refractivity contribution in [1.29, 1.82) is 0 Å². The van der Waals surface area contributed by atoms with Gasteiger partial charge in [-0.05, 0) is 94.8 Å². The SMILES string of the molecule is O=C(NC1C[C@@H]2CCC[C@@H](C1)N2C1CCCCC1)C12CC3CC(CC(C3)C1)C2. The lowest BCUT2D eigenvalue weighted by Crippen LogP contribution is -2.62. The van der Waals surface area contributed by atoms with Gasteiger partial charge in [-0.15, -0.1) is 0 Å². The van der Waals surface area contributed by atoms with E-state index in [-0.39, 0.29) is 5.41 Å². The molecule has 7 fully saturated rings. The molecule has 2 saturated heterocycles. The first-order valence-corrected chi connectivity index (χ1v) is 12.8. The molecule has 6 bridgehead atoms. The zero-order valence-electron chi connectivity index (χ0n) is 17.7. The fraction of sp³-hybridized carbons (Fsp3) is 0.960. The highest BCUT2D eigenvalue weighted by molar-refractivity contribution is 5.83. The van der Waals surface area contributed by atoms with E-state index in [0.29, 0.717) is 11.9 Å². The minimum absolute atomic E-state index is 0.0321. The third-order valence-corrected chi connectivity index (χ3v) is 9.88. The maximum Gasteiger partial charge on any atom is 0.226 e. The lowest BCUT2D eigenvalue weighted by atomic mass is 9.49. The van der Waals surface area contributed by atoms with Crippen molar-refractivity contribution in [3.05, 3.63) is 0 Å². The normalized spacial score (nSPS) is 48.6. The molecule has 2 heterocycles. The Morgan fingerprint density at radius 3 is 1.79 bits per heavy atom. The smallest absolute Gasteiger partial charge is 0.226 e. The summed E-state index contributed by atoms with van der Waals surface area (Å²) in [5, 5.41) is 3.66. The van der Waals surface area contributed by atoms with Crippen LogP contribution >= 0.6 is 0 Å². The summed E-state index contributed by atoms with van der Waals surface area (Å²) in [5.74, 6) is 3.07. The van der Waals surface area contributed by atoms with Crippen LogP contribution in [0.5, 0.6) is 0 Å². The third kappa shape index (κ3) is 3.06. The highest BCUT2D eigenvalue weighted by Crippen LogP contribution is 2.60. The Morgan fingerprint density at radius 2 is 1.21 bits per heavy atom. The second-order valence-corrected chi connectivity index (χ2v) is 11.8. The van der Waals surface area contributed by atoms with Crippen LogP contribution in [0.1, 0.15) is 103 Å². The third-order valence-electron chi connectivity index (χ3n) is 9.88. The summed E-state index contributed by atoms with van der Waals surface area (Å²) in [6.07, 6.45) is 21.7. The predicted molar refractivity (Wildman–Crippen MR) is 112 cm³/mol. The fourth-order valence-electron chi connectivity index (χ4n) is 9.24. The molecule has 1 amide bonds. The molecule has 156 valence electrons. The van der Waals surface area contributed by atoms with Gasteiger partial charge in [0.15, 0.2) is 0 Å². The van der Waals surface area contributed by atoms with Gasteiger partial charge in [0.2, 0.25) is 5.91 Å². The fourth-order valence-corrected chi connectivity index (χ4v) is 9.24. The van der Waals surface area contributed by atoms with Gasteiger partial charge in [0.25, 0.3) is 0 Å². The van der Waals surface area contributed by atoms with E-state index in [4.69, 9.17) is 0 Å². The van der Waals surface area contributed by atoms with Crippen LogP contribution in [-0.4, -0.2) is 35.0 Å². The van der Waals surface area contributed by atoms with Crippen LogP contribution in [0, 0.1) is 23.2 Å². The van der Waals surface area contributed by atoms with E-state index < -0.39 is 0 Å². The Labute approximate surface area is 171 Å². The minimum atomic E-state index is 0.0321. The van der Waals surface area contributed by atoms with Gasteiger partial charge < -0.3 is 5.32 Å². The van der Waals surface area contributed by atoms with Gasteiger partial charge in [0, 0.05) is 29.6 Å². The molecule has 2 atom stereocenters. The minimum Gasteiger partial charge on any atom is -0.353 e. The van der Waals surface area contributed by atoms with Crippen LogP contribution in [0.25, 0.3) is 0 Å². The van der Waals surface area contributed by atoms with Gasteiger partial charge in [0.1, 0.15) is 0 Å². The molecule has 0 aromatic carbocycles. The molecule has 5 saturated carbocycles. The average molecular weight is 385 g/mol. The van der Waals surface area contributed by atoms with E-state index in [1.54, 1.807) is 0 Å². The van der Waals surface area contributed by atoms with Crippen LogP contribution < -0.4 is 5.32 Å². The molecule has 28 heavy (non-hydrogen) atoms. The summed E-state index contributed by atoms with van der Waals surface area (Å²) in [6, 6.07) is 2.80. The number of piperidine rings is 2. The number of carbonyl (C=O) groups excluding carboxylic acids is 1. The molecule has 5 aliphatic carbocycles. The Morgan fingerprint density at radius 1 is 0.679 bits per heavy atom. The molecular formula is C25H40N2O. The summed E-state index contributed by atoms with van der Waals surface area (Å²) in [5.41, 5.74) is 0.0321. The van der Waals surface area contributed by atoms with E-state index in [1.807, 2.05) is 0 Å². The Kier molecular flexibility index (Phi) is 4.55. The first kappa shape index (κ1) is 18.2. The largest absolute Gasteiger partial charge is 0.353 e. The van der Waals surface area contributed by atoms with Gasteiger partial charge >= 0.3 is 0 Å². The Balaban J connectivity index is 1.13. The van der Waals surface area contributed by atoms with Crippen LogP contribution in [0.2, 0.25) is 0 Å². The highest BCUT2D eigenvalue weighted by Gasteiger charge is 2.55. The number of nitrogens with zero attached hydrogens (tertiary/aromatic N) is 1. The molecule has 0 aromatic rings. The van der Waals surface area contributed by atoms with E-state index in [2.05, 4.69) is 10.2 Å². The second-order valence-electron chi connectivity index (χ2n) is 11.8. The maximum atomic E-state index is 13.5. The van der Waals surface area contributed by atoms with Gasteiger partial charge in [0.05, 0.1) is 0 Å². The number of fused-ring (bicyclic) bond motifs is 2. The van der Waals surface area contributed by atoms with Crippen molar-refractivity contribution in [2.75, 3.05) is 0 Å². The molecule has 1 N–H and O–H groups in total. The lowest BCUT2D eigenvalue weighted by molar-refractivity contribution is -0.148. The molecule has 0 aromatic heterocycles. The second kappa shape index (κ2) is 7.00. The molecule has 3 nitrogen and oxygen atoms in total. The summed E-state index contributed by atoms with van der Waals surface area (Å²) >= 11 is 0. The number of nitrogens with one attached hydrogen (secondary N) is 1. The van der Waals surface area contributed by atoms with Crippen molar-refractivity contribution in [3.8, 4) is 0 Å². The van der Waals surface area contributed by atoms with E-state index >= 15 is 0 Å². The zero-order valence-corrected chi connectivity index (χ0v) is 17.7. The Hall–Kier alpha value is -0.570. The summed E-state index contributed by atoms with van der Waals surface area (Å²) in [6.45, 7) is 0. The molecule has 2 aliphatic heterocycles. The van der Waals surface area contributed by atoms with E-state index in [0.717, 1.165) is 35.9 Å². The monoisotopic (exact) mass is 384 g/mol. The maximum absolute atomic E-state index is 13.5. The van der Waals surface area contributed by atoms with Crippen LogP contribution in [-0.2, 0) is 4.79 Å². The van der Waals surface area contributed by atoms with Crippen LogP contribution in [0.4, 0.5) is 0 Å². The highest BCUT2D eigenvalue weighted by atomic mass is 16.2. The molecule has 7 rings (SSSR count). The van der Waals surface area contributed by atoms with Crippen LogP contribution in [0.15, 0.2) is 0 Å². The lowest BCUT2D eigenvalue weighted by Gasteiger charge is -2.57. The first-order chi connectivity index (χ1) is 13.7. The summed E-state index contributed by atoms with van der Waals surface area (Å²) in [7, 11) is 0. The summed E-state index contributed by atoms with van der Waals surface area (Å²) < 4.78 is 0. The van der Waals surface area contributed by atoms with Crippen molar-refractivity contribution < 1.29 is 4.79 Å². The Bertz CT molecular complexity index is 560. The van der Waals surface area contributed by atoms with Crippen molar-refractivity contribution in [2.24, 2.45) is 23.2 Å². The first-order valence-electron chi connectivity index (χ1n) is 12.8. The van der Waals surface area contributed by atoms with Gasteiger partial charge in [-0.3, -0.25) is 9.69 Å². The number of hydrogen-bond acceptors (Lipinski definition) is 2. The molecule has 0 radical (unpaired) electrons. The molecule has 3 heteroatoms. The number of amides is 1. The number of rotatable bonds is 3. The molecule has 0 spiro atoms. The van der Waals surface area contributed by atoms with E-state index in [1.165, 1.54) is 103 Å². The molecular weight excluding hydrogens is 344 g/mol. The van der Waals surface area contributed by atoms with Gasteiger partial charge in [-0.2, -0.15) is 0 Å². The molecule has 0 unspecified atom stereocenters. The predicted octanol–water partition coefficient (Wildman–Crippen LogP) is 5.04. The quantitative estimate of drug-likeness (QED) is 0.739.